The van der Waals surface area contributed by atoms with E-state index in [0.717, 1.165) is 0 Å². The first-order chi connectivity index (χ1) is 10.7. The van der Waals surface area contributed by atoms with Crippen LogP contribution in [0.2, 0.25) is 0 Å². The van der Waals surface area contributed by atoms with Gasteiger partial charge in [-0.25, -0.2) is 8.78 Å². The first-order valence-electron chi connectivity index (χ1n) is 6.66. The summed E-state index contributed by atoms with van der Waals surface area (Å²) in [5.41, 5.74) is 5.25. The second-order valence-electron chi connectivity index (χ2n) is 5.08. The summed E-state index contributed by atoms with van der Waals surface area (Å²) in [6, 6.07) is 6.19. The van der Waals surface area contributed by atoms with Crippen LogP contribution < -0.4 is 11.1 Å². The highest BCUT2D eigenvalue weighted by Gasteiger charge is 2.31. The van der Waals surface area contributed by atoms with Crippen LogP contribution in [-0.4, -0.2) is 57.7 Å². The Labute approximate surface area is 132 Å². The molecule has 7 nitrogen and oxygen atoms in total. The number of nitrogens with one attached hydrogen (secondary N) is 1. The van der Waals surface area contributed by atoms with Crippen LogP contribution in [0.4, 0.5) is 8.78 Å². The predicted octanol–water partition coefficient (Wildman–Crippen LogP) is -0.222. The van der Waals surface area contributed by atoms with Crippen LogP contribution in [-0.2, 0) is 14.8 Å². The van der Waals surface area contributed by atoms with Gasteiger partial charge in [-0.3, -0.25) is 4.79 Å². The lowest BCUT2D eigenvalue weighted by Gasteiger charge is -2.20. The maximum Gasteiger partial charge on any atom is 0.285 e. The van der Waals surface area contributed by atoms with Gasteiger partial charge >= 0.3 is 0 Å². The molecule has 0 unspecified atom stereocenters. The fourth-order valence-corrected chi connectivity index (χ4v) is 3.26. The van der Waals surface area contributed by atoms with Crippen molar-refractivity contribution in [2.45, 2.75) is 10.8 Å². The van der Waals surface area contributed by atoms with E-state index in [4.69, 9.17) is 5.73 Å². The van der Waals surface area contributed by atoms with Crippen molar-refractivity contribution < 1.29 is 22.0 Å². The number of nitrogens with two attached hydrogens (primary N) is 1. The van der Waals surface area contributed by atoms with E-state index in [0.29, 0.717) is 5.56 Å². The average Bonchev–Trinajstić information content (AvgIpc) is 2.78. The summed E-state index contributed by atoms with van der Waals surface area (Å²) in [4.78, 5) is 13.1. The van der Waals surface area contributed by atoms with E-state index >= 15 is 0 Å². The number of fused-ring (bicyclic) bond motifs is 1. The fraction of sp³-hybridized carbons (Fsp3) is 0.385. The molecule has 2 rings (SSSR count). The molecule has 0 spiro atoms. The van der Waals surface area contributed by atoms with E-state index in [1.807, 2.05) is 0 Å². The Balaban J connectivity index is 2.08. The molecule has 1 amide bonds. The Kier molecular flexibility index (Phi) is 4.66. The summed E-state index contributed by atoms with van der Waals surface area (Å²) >= 11 is 0. The van der Waals surface area contributed by atoms with Gasteiger partial charge in [0.25, 0.3) is 15.9 Å². The first kappa shape index (κ1) is 17.3. The Hall–Kier alpha value is -2.07. The maximum atomic E-state index is 13.0. The molecule has 1 aliphatic heterocycles. The van der Waals surface area contributed by atoms with Gasteiger partial charge in [-0.1, -0.05) is 12.1 Å². The number of carbonyl (C=O) groups excluding carboxylic acids is 1. The number of benzene rings is 1. The molecule has 0 saturated heterocycles. The molecule has 126 valence electrons. The van der Waals surface area contributed by atoms with Crippen molar-refractivity contribution >= 4 is 21.8 Å². The highest BCUT2D eigenvalue weighted by Crippen LogP contribution is 2.26. The number of carbonyl (C=O) groups is 1. The summed E-state index contributed by atoms with van der Waals surface area (Å²) in [5.74, 6) is -3.78. The minimum atomic E-state index is -3.80. The second kappa shape index (κ2) is 6.20. The van der Waals surface area contributed by atoms with Crippen molar-refractivity contribution in [1.82, 2.24) is 10.2 Å². The number of sulfonamides is 1. The van der Waals surface area contributed by atoms with Crippen LogP contribution >= 0.6 is 0 Å². The number of hydrogen-bond acceptors (Lipinski definition) is 5. The number of hydrogen-bond donors (Lipinski definition) is 2. The third-order valence-electron chi connectivity index (χ3n) is 3.20. The van der Waals surface area contributed by atoms with Gasteiger partial charge in [0, 0.05) is 12.6 Å². The highest BCUT2D eigenvalue weighted by molar-refractivity contribution is 7.90. The van der Waals surface area contributed by atoms with Gasteiger partial charge in [0.2, 0.25) is 5.91 Å². The minimum Gasteiger partial charge on any atom is -0.349 e. The molecule has 3 N–H and O–H groups in total. The summed E-state index contributed by atoms with van der Waals surface area (Å²) < 4.78 is 53.5. The monoisotopic (exact) mass is 346 g/mol. The molecule has 1 aliphatic rings. The lowest BCUT2D eigenvalue weighted by Crippen LogP contribution is -2.45. The fourth-order valence-electron chi connectivity index (χ4n) is 2.01. The van der Waals surface area contributed by atoms with Gasteiger partial charge in [-0.2, -0.15) is 8.42 Å². The van der Waals surface area contributed by atoms with Gasteiger partial charge in [0.05, 0.1) is 19.6 Å². The van der Waals surface area contributed by atoms with Gasteiger partial charge < -0.3 is 16.0 Å². The minimum absolute atomic E-state index is 0.0527. The largest absolute Gasteiger partial charge is 0.349 e. The lowest BCUT2D eigenvalue weighted by molar-refractivity contribution is -0.123. The third kappa shape index (κ3) is 3.82. The first-order valence-corrected chi connectivity index (χ1v) is 8.10. The molecule has 0 aromatic heterocycles. The molecule has 0 atom stereocenters. The van der Waals surface area contributed by atoms with Crippen LogP contribution in [0, 0.1) is 0 Å². The molecule has 0 saturated carbocycles. The van der Waals surface area contributed by atoms with Gasteiger partial charge in [-0.05, 0) is 12.1 Å². The van der Waals surface area contributed by atoms with Crippen LogP contribution in [0.3, 0.4) is 0 Å². The molecular weight excluding hydrogens is 330 g/mol. The Morgan fingerprint density at radius 3 is 2.70 bits per heavy atom. The van der Waals surface area contributed by atoms with Crippen molar-refractivity contribution in [1.29, 1.82) is 0 Å². The SMILES string of the molecule is CN(CC(=O)NCC(F)(F)CN)C1=NS(=O)(=O)c2ccccc21. The van der Waals surface area contributed by atoms with E-state index in [1.54, 1.807) is 18.2 Å². The van der Waals surface area contributed by atoms with Crippen LogP contribution in [0.1, 0.15) is 5.56 Å². The Morgan fingerprint density at radius 2 is 2.04 bits per heavy atom. The van der Waals surface area contributed by atoms with Crippen molar-refractivity contribution in [3.8, 4) is 0 Å². The normalized spacial score (nSPS) is 15.7. The molecule has 1 aromatic carbocycles. The number of rotatable bonds is 5. The average molecular weight is 346 g/mol. The zero-order valence-electron chi connectivity index (χ0n) is 12.3. The van der Waals surface area contributed by atoms with E-state index in [2.05, 4.69) is 9.71 Å². The Morgan fingerprint density at radius 1 is 1.39 bits per heavy atom. The topological polar surface area (TPSA) is 105 Å². The number of halogens is 2. The van der Waals surface area contributed by atoms with Gasteiger partial charge in [-0.15, -0.1) is 4.40 Å². The summed E-state index contributed by atoms with van der Waals surface area (Å²) in [6.45, 7) is -2.07. The van der Waals surface area contributed by atoms with Crippen LogP contribution in [0.25, 0.3) is 0 Å². The molecule has 23 heavy (non-hydrogen) atoms. The zero-order chi connectivity index (χ0) is 17.3. The van der Waals surface area contributed by atoms with E-state index in [1.165, 1.54) is 18.0 Å². The Bertz CT molecular complexity index is 749. The van der Waals surface area contributed by atoms with Crippen molar-refractivity contribution in [3.63, 3.8) is 0 Å². The molecule has 10 heteroatoms. The molecule has 1 heterocycles. The standard InChI is InChI=1S/C13H16F2N4O3S/c1-19(6-11(20)17-8-13(14,15)7-16)12-9-4-2-3-5-10(9)23(21,22)18-12/h2-5H,6-8,16H2,1H3,(H,17,20). The van der Waals surface area contributed by atoms with E-state index in [9.17, 15) is 22.0 Å². The van der Waals surface area contributed by atoms with Gasteiger partial charge in [0.15, 0.2) is 5.84 Å². The van der Waals surface area contributed by atoms with Gasteiger partial charge in [0.1, 0.15) is 4.90 Å². The van der Waals surface area contributed by atoms with Crippen molar-refractivity contribution in [2.75, 3.05) is 26.7 Å². The smallest absolute Gasteiger partial charge is 0.285 e. The number of amidine groups is 1. The molecule has 0 bridgehead atoms. The van der Waals surface area contributed by atoms with E-state index in [-0.39, 0.29) is 17.3 Å². The number of alkyl halides is 2. The zero-order valence-corrected chi connectivity index (χ0v) is 13.1. The number of likely N-dealkylation sites (N-methyl/N-ethyl adjacent to an activating group) is 1. The lowest BCUT2D eigenvalue weighted by atomic mass is 10.2. The summed E-state index contributed by atoms with van der Waals surface area (Å²) in [5, 5.41) is 2.06. The molecule has 0 radical (unpaired) electrons. The highest BCUT2D eigenvalue weighted by atomic mass is 32.2. The summed E-state index contributed by atoms with van der Waals surface area (Å²) in [7, 11) is -2.34. The quantitative estimate of drug-likeness (QED) is 0.767. The van der Waals surface area contributed by atoms with Crippen LogP contribution in [0.15, 0.2) is 33.6 Å². The molecule has 0 fully saturated rings. The second-order valence-corrected chi connectivity index (χ2v) is 6.65. The predicted molar refractivity (Wildman–Crippen MR) is 79.8 cm³/mol. The number of amides is 1. The van der Waals surface area contributed by atoms with Crippen LogP contribution in [0.5, 0.6) is 0 Å². The van der Waals surface area contributed by atoms with Crippen molar-refractivity contribution in [2.24, 2.45) is 10.1 Å². The molecular formula is C13H16F2N4O3S. The number of nitrogens with zero attached hydrogens (tertiary/aromatic N) is 2. The third-order valence-corrected chi connectivity index (χ3v) is 4.52. The summed E-state index contributed by atoms with van der Waals surface area (Å²) in [6.07, 6.45) is 0. The molecule has 1 aromatic rings. The maximum absolute atomic E-state index is 13.0. The van der Waals surface area contributed by atoms with Crippen molar-refractivity contribution in [3.05, 3.63) is 29.8 Å². The molecule has 0 aliphatic carbocycles. The van der Waals surface area contributed by atoms with E-state index < -0.39 is 34.9 Å².